The van der Waals surface area contributed by atoms with Crippen molar-refractivity contribution in [3.05, 3.63) is 28.2 Å². The third kappa shape index (κ3) is 2.69. The average Bonchev–Trinajstić information content (AvgIpc) is 3.07. The van der Waals surface area contributed by atoms with E-state index in [-0.39, 0.29) is 5.91 Å². The minimum atomic E-state index is -0.755. The van der Waals surface area contributed by atoms with Gasteiger partial charge in [-0.25, -0.2) is 0 Å². The Kier molecular flexibility index (Phi) is 3.27. The molecule has 1 aliphatic rings. The molecule has 0 bridgehead atoms. The zero-order valence-electron chi connectivity index (χ0n) is 10.1. The first-order valence-electron chi connectivity index (χ1n) is 5.77. The van der Waals surface area contributed by atoms with Crippen LogP contribution in [-0.4, -0.2) is 11.4 Å². The van der Waals surface area contributed by atoms with Crippen molar-refractivity contribution < 1.29 is 4.79 Å². The number of hydrogen-bond donors (Lipinski definition) is 2. The molecule has 2 rings (SSSR count). The van der Waals surface area contributed by atoms with Crippen LogP contribution in [0.15, 0.2) is 22.7 Å². The Morgan fingerprint density at radius 2 is 2.18 bits per heavy atom. The molecule has 0 heterocycles. The molecule has 3 nitrogen and oxygen atoms in total. The Labute approximate surface area is 110 Å². The van der Waals surface area contributed by atoms with Crippen molar-refractivity contribution >= 4 is 27.5 Å². The molecular weight excluding hydrogens is 280 g/mol. The first kappa shape index (κ1) is 12.6. The molecule has 1 aromatic carbocycles. The molecule has 0 spiro atoms. The van der Waals surface area contributed by atoms with Crippen molar-refractivity contribution in [1.82, 2.24) is 0 Å². The minimum absolute atomic E-state index is 0.0961. The quantitative estimate of drug-likeness (QED) is 0.901. The number of anilines is 1. The standard InChI is InChI=1S/C13H17BrN2O/c1-8-3-6-10(14)7-11(8)16-12(17)13(2,15)9-4-5-9/h3,6-7,9H,4-5,15H2,1-2H3,(H,16,17). The summed E-state index contributed by atoms with van der Waals surface area (Å²) in [4.78, 5) is 12.1. The summed E-state index contributed by atoms with van der Waals surface area (Å²) in [6.45, 7) is 3.78. The van der Waals surface area contributed by atoms with E-state index in [1.807, 2.05) is 32.0 Å². The van der Waals surface area contributed by atoms with E-state index in [2.05, 4.69) is 21.2 Å². The van der Waals surface area contributed by atoms with E-state index in [1.165, 1.54) is 0 Å². The summed E-state index contributed by atoms with van der Waals surface area (Å²) >= 11 is 3.40. The van der Waals surface area contributed by atoms with Crippen molar-refractivity contribution in [3.63, 3.8) is 0 Å². The summed E-state index contributed by atoms with van der Waals surface area (Å²) in [6, 6.07) is 5.81. The highest BCUT2D eigenvalue weighted by Crippen LogP contribution is 2.38. The summed E-state index contributed by atoms with van der Waals surface area (Å²) in [5, 5.41) is 2.92. The fourth-order valence-electron chi connectivity index (χ4n) is 1.85. The zero-order valence-corrected chi connectivity index (χ0v) is 11.7. The van der Waals surface area contributed by atoms with Crippen LogP contribution in [-0.2, 0) is 4.79 Å². The van der Waals surface area contributed by atoms with E-state index >= 15 is 0 Å². The number of carbonyl (C=O) groups excluding carboxylic acids is 1. The van der Waals surface area contributed by atoms with Gasteiger partial charge in [0.25, 0.3) is 0 Å². The molecule has 1 atom stereocenters. The minimum Gasteiger partial charge on any atom is -0.324 e. The van der Waals surface area contributed by atoms with E-state index in [0.29, 0.717) is 5.92 Å². The van der Waals surface area contributed by atoms with Gasteiger partial charge in [-0.05, 0) is 50.3 Å². The number of hydrogen-bond acceptors (Lipinski definition) is 2. The largest absolute Gasteiger partial charge is 0.324 e. The summed E-state index contributed by atoms with van der Waals surface area (Å²) < 4.78 is 0.948. The molecule has 0 radical (unpaired) electrons. The van der Waals surface area contributed by atoms with Gasteiger partial charge in [0, 0.05) is 10.2 Å². The molecule has 1 fully saturated rings. The highest BCUT2D eigenvalue weighted by atomic mass is 79.9. The smallest absolute Gasteiger partial charge is 0.244 e. The molecule has 1 amide bonds. The van der Waals surface area contributed by atoms with E-state index in [0.717, 1.165) is 28.6 Å². The second-order valence-electron chi connectivity index (χ2n) is 4.97. The lowest BCUT2D eigenvalue weighted by molar-refractivity contribution is -0.121. The van der Waals surface area contributed by atoms with Crippen molar-refractivity contribution in [2.45, 2.75) is 32.2 Å². The van der Waals surface area contributed by atoms with Gasteiger partial charge in [0.1, 0.15) is 0 Å². The number of benzene rings is 1. The topological polar surface area (TPSA) is 55.1 Å². The summed E-state index contributed by atoms with van der Waals surface area (Å²) in [6.07, 6.45) is 2.11. The fraction of sp³-hybridized carbons (Fsp3) is 0.462. The molecule has 1 saturated carbocycles. The molecule has 17 heavy (non-hydrogen) atoms. The molecule has 1 aromatic rings. The van der Waals surface area contributed by atoms with Crippen molar-refractivity contribution in [2.75, 3.05) is 5.32 Å². The number of rotatable bonds is 3. The van der Waals surface area contributed by atoms with E-state index in [9.17, 15) is 4.79 Å². The van der Waals surface area contributed by atoms with Crippen molar-refractivity contribution in [3.8, 4) is 0 Å². The van der Waals surface area contributed by atoms with Crippen LogP contribution in [0.5, 0.6) is 0 Å². The Balaban J connectivity index is 2.15. The van der Waals surface area contributed by atoms with Crippen molar-refractivity contribution in [1.29, 1.82) is 0 Å². The molecule has 0 aromatic heterocycles. The van der Waals surface area contributed by atoms with Gasteiger partial charge >= 0.3 is 0 Å². The van der Waals surface area contributed by atoms with Gasteiger partial charge < -0.3 is 11.1 Å². The summed E-state index contributed by atoms with van der Waals surface area (Å²) in [5.41, 5.74) is 7.18. The van der Waals surface area contributed by atoms with Crippen LogP contribution in [0.4, 0.5) is 5.69 Å². The highest BCUT2D eigenvalue weighted by Gasteiger charge is 2.44. The van der Waals surface area contributed by atoms with Crippen molar-refractivity contribution in [2.24, 2.45) is 11.7 Å². The number of halogens is 1. The lowest BCUT2D eigenvalue weighted by atomic mass is 9.96. The molecule has 1 unspecified atom stereocenters. The second-order valence-corrected chi connectivity index (χ2v) is 5.89. The van der Waals surface area contributed by atoms with E-state index in [1.54, 1.807) is 0 Å². The monoisotopic (exact) mass is 296 g/mol. The third-order valence-corrected chi connectivity index (χ3v) is 3.86. The lowest BCUT2D eigenvalue weighted by Crippen LogP contribution is -2.50. The average molecular weight is 297 g/mol. The third-order valence-electron chi connectivity index (χ3n) is 3.36. The molecule has 4 heteroatoms. The number of aryl methyl sites for hydroxylation is 1. The second kappa shape index (κ2) is 4.42. The van der Waals surface area contributed by atoms with Gasteiger partial charge in [-0.2, -0.15) is 0 Å². The SMILES string of the molecule is Cc1ccc(Br)cc1NC(=O)C(C)(N)C1CC1. The first-order valence-corrected chi connectivity index (χ1v) is 6.57. The van der Waals surface area contributed by atoms with Crippen LogP contribution in [0.25, 0.3) is 0 Å². The maximum absolute atomic E-state index is 12.1. The normalized spacial score (nSPS) is 18.6. The molecule has 3 N–H and O–H groups in total. The van der Waals surface area contributed by atoms with Crippen LogP contribution >= 0.6 is 15.9 Å². The molecule has 1 aliphatic carbocycles. The van der Waals surface area contributed by atoms with Gasteiger partial charge in [0.15, 0.2) is 0 Å². The maximum Gasteiger partial charge on any atom is 0.244 e. The molecule has 92 valence electrons. The number of nitrogens with two attached hydrogens (primary N) is 1. The predicted molar refractivity (Wildman–Crippen MR) is 72.8 cm³/mol. The van der Waals surface area contributed by atoms with Gasteiger partial charge in [-0.3, -0.25) is 4.79 Å². The number of nitrogens with one attached hydrogen (secondary N) is 1. The van der Waals surface area contributed by atoms with Gasteiger partial charge in [0.05, 0.1) is 5.54 Å². The highest BCUT2D eigenvalue weighted by molar-refractivity contribution is 9.10. The number of carbonyl (C=O) groups is 1. The van der Waals surface area contributed by atoms with Crippen LogP contribution in [0.1, 0.15) is 25.3 Å². The predicted octanol–water partition coefficient (Wildman–Crippen LogP) is 2.82. The van der Waals surface area contributed by atoms with Gasteiger partial charge in [-0.15, -0.1) is 0 Å². The van der Waals surface area contributed by atoms with Gasteiger partial charge in [0.2, 0.25) is 5.91 Å². The van der Waals surface area contributed by atoms with Gasteiger partial charge in [-0.1, -0.05) is 22.0 Å². The Morgan fingerprint density at radius 3 is 2.76 bits per heavy atom. The zero-order chi connectivity index (χ0) is 12.6. The summed E-state index contributed by atoms with van der Waals surface area (Å²) in [7, 11) is 0. The van der Waals surface area contributed by atoms with E-state index < -0.39 is 5.54 Å². The molecule has 0 aliphatic heterocycles. The van der Waals surface area contributed by atoms with Crippen LogP contribution in [0.3, 0.4) is 0 Å². The molecular formula is C13H17BrN2O. The lowest BCUT2D eigenvalue weighted by Gasteiger charge is -2.23. The van der Waals surface area contributed by atoms with Crippen LogP contribution < -0.4 is 11.1 Å². The van der Waals surface area contributed by atoms with Crippen LogP contribution in [0.2, 0.25) is 0 Å². The Hall–Kier alpha value is -0.870. The molecule has 0 saturated heterocycles. The van der Waals surface area contributed by atoms with E-state index in [4.69, 9.17) is 5.73 Å². The Bertz CT molecular complexity index is 453. The maximum atomic E-state index is 12.1. The van der Waals surface area contributed by atoms with Crippen LogP contribution in [0, 0.1) is 12.8 Å². The number of amides is 1. The first-order chi connectivity index (χ1) is 7.91. The fourth-order valence-corrected chi connectivity index (χ4v) is 2.22. The Morgan fingerprint density at radius 1 is 1.53 bits per heavy atom. The summed E-state index contributed by atoms with van der Waals surface area (Å²) in [5.74, 6) is 0.233.